The molecule has 0 saturated heterocycles. The predicted molar refractivity (Wildman–Crippen MR) is 74.3 cm³/mol. The van der Waals surface area contributed by atoms with Gasteiger partial charge in [-0.15, -0.1) is 0 Å². The van der Waals surface area contributed by atoms with E-state index in [4.69, 9.17) is 0 Å². The number of oxime groups is 2. The highest BCUT2D eigenvalue weighted by molar-refractivity contribution is 8.78. The van der Waals surface area contributed by atoms with Crippen molar-refractivity contribution in [2.75, 3.05) is 14.2 Å². The summed E-state index contributed by atoms with van der Waals surface area (Å²) >= 11 is 0. The van der Waals surface area contributed by atoms with E-state index in [-0.39, 0.29) is 9.49 Å². The van der Waals surface area contributed by atoms with Gasteiger partial charge in [-0.2, -0.15) is 0 Å². The quantitative estimate of drug-likeness (QED) is 0.402. The third-order valence-corrected chi connectivity index (χ3v) is 5.39. The van der Waals surface area contributed by atoms with Gasteiger partial charge in [0.05, 0.1) is 21.9 Å². The minimum Gasteiger partial charge on any atom is -0.399 e. The van der Waals surface area contributed by atoms with Gasteiger partial charge in [0.2, 0.25) is 0 Å². The van der Waals surface area contributed by atoms with Crippen LogP contribution in [0, 0.1) is 0 Å². The van der Waals surface area contributed by atoms with Gasteiger partial charge in [-0.05, 0) is 27.7 Å². The normalized spacial score (nSPS) is 13.6. The predicted octanol–water partition coefficient (Wildman–Crippen LogP) is 3.19. The van der Waals surface area contributed by atoms with E-state index in [0.29, 0.717) is 0 Å². The van der Waals surface area contributed by atoms with Gasteiger partial charge >= 0.3 is 0 Å². The van der Waals surface area contributed by atoms with E-state index in [1.54, 1.807) is 48.2 Å². The van der Waals surface area contributed by atoms with Crippen LogP contribution in [0.5, 0.6) is 0 Å². The Morgan fingerprint density at radius 1 is 0.812 bits per heavy atom. The molecule has 94 valence electrons. The van der Waals surface area contributed by atoms with E-state index in [2.05, 4.69) is 47.7 Å². The maximum atomic E-state index is 4.68. The van der Waals surface area contributed by atoms with Crippen molar-refractivity contribution in [2.24, 2.45) is 10.3 Å². The molecule has 0 spiro atoms. The molecule has 16 heavy (non-hydrogen) atoms. The van der Waals surface area contributed by atoms with E-state index >= 15 is 0 Å². The van der Waals surface area contributed by atoms with E-state index in [9.17, 15) is 0 Å². The highest BCUT2D eigenvalue weighted by Crippen LogP contribution is 2.41. The Morgan fingerprint density at radius 2 is 1.12 bits per heavy atom. The van der Waals surface area contributed by atoms with Gasteiger partial charge in [-0.3, -0.25) is 0 Å². The smallest absolute Gasteiger partial charge is 0.106 e. The molecule has 0 N–H and O–H groups in total. The van der Waals surface area contributed by atoms with Crippen molar-refractivity contribution < 1.29 is 9.68 Å². The lowest BCUT2D eigenvalue weighted by molar-refractivity contribution is 0.214. The first-order valence-electron chi connectivity index (χ1n) is 4.85. The lowest BCUT2D eigenvalue weighted by atomic mass is 10.2. The molecule has 0 bridgehead atoms. The summed E-state index contributed by atoms with van der Waals surface area (Å²) in [5, 5.41) is 7.58. The Hall–Kier alpha value is -0.360. The van der Waals surface area contributed by atoms with Crippen LogP contribution in [0.3, 0.4) is 0 Å². The maximum absolute atomic E-state index is 4.68. The fraction of sp³-hybridized carbons (Fsp3) is 0.800. The molecule has 6 heteroatoms. The monoisotopic (exact) mass is 264 g/mol. The Morgan fingerprint density at radius 3 is 1.38 bits per heavy atom. The third-order valence-electron chi connectivity index (χ3n) is 1.41. The molecular formula is C10H20N2O2S2. The van der Waals surface area contributed by atoms with Crippen LogP contribution in [0.25, 0.3) is 0 Å². The third kappa shape index (κ3) is 7.87. The molecule has 4 nitrogen and oxygen atoms in total. The van der Waals surface area contributed by atoms with Crippen molar-refractivity contribution in [3.05, 3.63) is 0 Å². The lowest BCUT2D eigenvalue weighted by Gasteiger charge is -2.23. The zero-order valence-electron chi connectivity index (χ0n) is 10.7. The Kier molecular flexibility index (Phi) is 6.90. The van der Waals surface area contributed by atoms with E-state index in [1.807, 2.05) is 0 Å². The molecule has 0 fully saturated rings. The second kappa shape index (κ2) is 7.06. The zero-order valence-corrected chi connectivity index (χ0v) is 12.3. The van der Waals surface area contributed by atoms with Crippen molar-refractivity contribution >= 4 is 34.0 Å². The summed E-state index contributed by atoms with van der Waals surface area (Å²) in [7, 11) is 6.52. The van der Waals surface area contributed by atoms with E-state index in [1.165, 1.54) is 0 Å². The molecule has 0 radical (unpaired) electrons. The van der Waals surface area contributed by atoms with Crippen molar-refractivity contribution in [3.63, 3.8) is 0 Å². The van der Waals surface area contributed by atoms with Crippen LogP contribution in [0.4, 0.5) is 0 Å². The largest absolute Gasteiger partial charge is 0.399 e. The van der Waals surface area contributed by atoms with Crippen LogP contribution in [0.1, 0.15) is 27.7 Å². The number of rotatable bonds is 7. The summed E-state index contributed by atoms with van der Waals surface area (Å²) < 4.78 is -0.169. The number of nitrogens with zero attached hydrogens (tertiary/aromatic N) is 2. The van der Waals surface area contributed by atoms with E-state index in [0.717, 1.165) is 0 Å². The minimum absolute atomic E-state index is 0.0845. The van der Waals surface area contributed by atoms with Gasteiger partial charge in [0.25, 0.3) is 0 Å². The molecule has 0 rings (SSSR count). The first-order chi connectivity index (χ1) is 7.33. The summed E-state index contributed by atoms with van der Waals surface area (Å²) in [5.41, 5.74) is 0. The average molecular weight is 264 g/mol. The zero-order chi connectivity index (χ0) is 12.7. The Labute approximate surface area is 106 Å². The summed E-state index contributed by atoms with van der Waals surface area (Å²) in [6.07, 6.45) is 3.57. The second-order valence-electron chi connectivity index (χ2n) is 4.21. The molecule has 0 heterocycles. The van der Waals surface area contributed by atoms with Crippen LogP contribution >= 0.6 is 21.6 Å². The highest BCUT2D eigenvalue weighted by atomic mass is 33.1. The fourth-order valence-corrected chi connectivity index (χ4v) is 2.77. The van der Waals surface area contributed by atoms with Crippen molar-refractivity contribution in [1.29, 1.82) is 0 Å². The topological polar surface area (TPSA) is 43.2 Å². The first kappa shape index (κ1) is 15.6. The van der Waals surface area contributed by atoms with Crippen molar-refractivity contribution in [1.82, 2.24) is 0 Å². The van der Waals surface area contributed by atoms with Gasteiger partial charge < -0.3 is 9.68 Å². The average Bonchev–Trinajstić information content (AvgIpc) is 2.22. The number of hydrogen-bond donors (Lipinski definition) is 0. The molecule has 0 aromatic rings. The van der Waals surface area contributed by atoms with E-state index < -0.39 is 0 Å². The summed E-state index contributed by atoms with van der Waals surface area (Å²) in [5.74, 6) is 0. The van der Waals surface area contributed by atoms with Crippen LogP contribution in [0.2, 0.25) is 0 Å². The lowest BCUT2D eigenvalue weighted by Crippen LogP contribution is -2.20. The van der Waals surface area contributed by atoms with Crippen LogP contribution in [-0.2, 0) is 9.68 Å². The minimum atomic E-state index is -0.0845. The van der Waals surface area contributed by atoms with Crippen LogP contribution < -0.4 is 0 Å². The van der Waals surface area contributed by atoms with Gasteiger partial charge in [-0.1, -0.05) is 31.9 Å². The summed E-state index contributed by atoms with van der Waals surface area (Å²) in [4.78, 5) is 9.35. The SMILES string of the molecule is CO/N=C/C(C)(C)SSC(C)(C)/C=N/OC. The molecule has 0 aromatic carbocycles. The van der Waals surface area contributed by atoms with Gasteiger partial charge in [-0.25, -0.2) is 0 Å². The van der Waals surface area contributed by atoms with Gasteiger partial charge in [0.1, 0.15) is 14.2 Å². The molecule has 0 aliphatic rings. The van der Waals surface area contributed by atoms with Crippen LogP contribution in [0.15, 0.2) is 10.3 Å². The molecule has 0 unspecified atom stereocenters. The standard InChI is InChI=1S/C10H20N2O2S2/c1-9(2,7-11-13-5)15-16-10(3,4)8-12-14-6/h7-8H,1-6H3/b11-7+,12-8+. The fourth-order valence-electron chi connectivity index (χ4n) is 0.617. The van der Waals surface area contributed by atoms with Crippen molar-refractivity contribution in [3.8, 4) is 0 Å². The van der Waals surface area contributed by atoms with Crippen molar-refractivity contribution in [2.45, 2.75) is 37.2 Å². The maximum Gasteiger partial charge on any atom is 0.106 e. The Balaban J connectivity index is 4.21. The summed E-state index contributed by atoms with van der Waals surface area (Å²) in [6.45, 7) is 8.32. The summed E-state index contributed by atoms with van der Waals surface area (Å²) in [6, 6.07) is 0. The highest BCUT2D eigenvalue weighted by Gasteiger charge is 2.24. The second-order valence-corrected chi connectivity index (χ2v) is 7.65. The van der Waals surface area contributed by atoms with Gasteiger partial charge in [0.15, 0.2) is 0 Å². The van der Waals surface area contributed by atoms with Crippen LogP contribution in [-0.4, -0.2) is 36.1 Å². The molecule has 0 aromatic heterocycles. The number of hydrogen-bond acceptors (Lipinski definition) is 6. The molecule has 0 amide bonds. The van der Waals surface area contributed by atoms with Gasteiger partial charge in [0, 0.05) is 0 Å². The first-order valence-corrected chi connectivity index (χ1v) is 7.00. The molecule has 0 aliphatic heterocycles. The Bertz CT molecular complexity index is 227. The molecule has 0 aliphatic carbocycles. The molecule has 0 atom stereocenters. The molecular weight excluding hydrogens is 244 g/mol. The molecule has 0 saturated carbocycles.